The third-order valence-electron chi connectivity index (χ3n) is 3.99. The summed E-state index contributed by atoms with van der Waals surface area (Å²) in [5.41, 5.74) is 0.948. The van der Waals surface area contributed by atoms with Crippen molar-refractivity contribution in [3.63, 3.8) is 0 Å². The van der Waals surface area contributed by atoms with Crippen LogP contribution in [-0.2, 0) is 10.2 Å². The second-order valence-electron chi connectivity index (χ2n) is 5.34. The molecule has 0 spiro atoms. The summed E-state index contributed by atoms with van der Waals surface area (Å²) < 4.78 is 28.5. The van der Waals surface area contributed by atoms with E-state index in [0.29, 0.717) is 24.5 Å². The van der Waals surface area contributed by atoms with Gasteiger partial charge in [-0.25, -0.2) is 4.98 Å². The third kappa shape index (κ3) is 2.51. The van der Waals surface area contributed by atoms with Crippen LogP contribution < -0.4 is 9.03 Å². The number of pyridine rings is 1. The predicted molar refractivity (Wildman–Crippen MR) is 84.5 cm³/mol. The Bertz CT molecular complexity index is 857. The van der Waals surface area contributed by atoms with Gasteiger partial charge in [0.15, 0.2) is 0 Å². The van der Waals surface area contributed by atoms with E-state index in [2.05, 4.69) is 9.71 Å². The normalized spacial score (nSPS) is 20.7. The molecule has 1 saturated heterocycles. The molecule has 0 aliphatic carbocycles. The number of anilines is 1. The molecule has 1 aromatic carbocycles. The van der Waals surface area contributed by atoms with Crippen LogP contribution in [-0.4, -0.2) is 26.5 Å². The quantitative estimate of drug-likeness (QED) is 0.915. The first-order valence-corrected chi connectivity index (χ1v) is 8.55. The lowest BCUT2D eigenvalue weighted by Crippen LogP contribution is -2.51. The van der Waals surface area contributed by atoms with Crippen molar-refractivity contribution in [3.8, 4) is 6.07 Å². The van der Waals surface area contributed by atoms with Crippen molar-refractivity contribution >= 4 is 26.7 Å². The van der Waals surface area contributed by atoms with Gasteiger partial charge in [0.05, 0.1) is 5.69 Å². The maximum atomic E-state index is 12.3. The molecule has 0 saturated carbocycles. The molecular formula is C15H16N4O2S. The van der Waals surface area contributed by atoms with E-state index >= 15 is 0 Å². The van der Waals surface area contributed by atoms with Gasteiger partial charge in [-0.3, -0.25) is 4.31 Å². The van der Waals surface area contributed by atoms with Gasteiger partial charge in [-0.2, -0.15) is 18.4 Å². The van der Waals surface area contributed by atoms with E-state index in [0.717, 1.165) is 17.2 Å². The minimum absolute atomic E-state index is 0.284. The molecule has 1 aromatic heterocycles. The largest absolute Gasteiger partial charge is 0.301 e. The van der Waals surface area contributed by atoms with Gasteiger partial charge in [0.25, 0.3) is 0 Å². The summed E-state index contributed by atoms with van der Waals surface area (Å²) in [6.07, 6.45) is 2.47. The number of rotatable bonds is 2. The Kier molecular flexibility index (Phi) is 3.72. The molecule has 0 unspecified atom stereocenters. The molecule has 2 heterocycles. The molecule has 1 N–H and O–H groups in total. The minimum atomic E-state index is -3.50. The standard InChI is InChI=1S/C15H16N4O2S/c1-2-11-9-18-22(20,21)19(10-11)13-3-4-14-12(7-13)5-6-17-15(14)8-16/h3-7,11,18H,2,9-10H2,1H3/t11-/m1/s1. The van der Waals surface area contributed by atoms with Gasteiger partial charge in [0.1, 0.15) is 11.8 Å². The molecule has 114 valence electrons. The average Bonchev–Trinajstić information content (AvgIpc) is 2.53. The van der Waals surface area contributed by atoms with Crippen LogP contribution >= 0.6 is 0 Å². The highest BCUT2D eigenvalue weighted by Gasteiger charge is 2.30. The van der Waals surface area contributed by atoms with Crippen LogP contribution in [0.2, 0.25) is 0 Å². The van der Waals surface area contributed by atoms with E-state index < -0.39 is 10.2 Å². The lowest BCUT2D eigenvalue weighted by Gasteiger charge is -2.33. The number of nitrogens with one attached hydrogen (secondary N) is 1. The molecule has 22 heavy (non-hydrogen) atoms. The van der Waals surface area contributed by atoms with Crippen LogP contribution in [0.25, 0.3) is 10.8 Å². The number of benzene rings is 1. The van der Waals surface area contributed by atoms with Crippen molar-refractivity contribution in [2.24, 2.45) is 5.92 Å². The smallest absolute Gasteiger partial charge is 0.257 e. The number of aromatic nitrogens is 1. The summed E-state index contributed by atoms with van der Waals surface area (Å²) >= 11 is 0. The Morgan fingerprint density at radius 1 is 1.45 bits per heavy atom. The fourth-order valence-corrected chi connectivity index (χ4v) is 4.03. The third-order valence-corrected chi connectivity index (χ3v) is 5.46. The molecule has 6 nitrogen and oxygen atoms in total. The second kappa shape index (κ2) is 5.55. The van der Waals surface area contributed by atoms with Crippen LogP contribution in [0.1, 0.15) is 19.0 Å². The van der Waals surface area contributed by atoms with Gasteiger partial charge < -0.3 is 0 Å². The average molecular weight is 316 g/mol. The first-order valence-electron chi connectivity index (χ1n) is 7.11. The first kappa shape index (κ1) is 14.8. The zero-order valence-electron chi connectivity index (χ0n) is 12.2. The molecule has 1 atom stereocenters. The van der Waals surface area contributed by atoms with Gasteiger partial charge >= 0.3 is 10.2 Å². The lowest BCUT2D eigenvalue weighted by molar-refractivity contribution is 0.469. The zero-order chi connectivity index (χ0) is 15.7. The van der Waals surface area contributed by atoms with E-state index in [4.69, 9.17) is 5.26 Å². The van der Waals surface area contributed by atoms with E-state index in [1.807, 2.05) is 13.0 Å². The van der Waals surface area contributed by atoms with Crippen LogP contribution in [0.3, 0.4) is 0 Å². The molecule has 0 amide bonds. The Labute approximate surface area is 129 Å². The topological polar surface area (TPSA) is 86.1 Å². The SMILES string of the molecule is CC[C@@H]1CNS(=O)(=O)N(c2ccc3c(C#N)nccc3c2)C1. The molecule has 3 rings (SSSR count). The second-order valence-corrected chi connectivity index (χ2v) is 7.02. The Morgan fingerprint density at radius 2 is 2.27 bits per heavy atom. The number of fused-ring (bicyclic) bond motifs is 1. The van der Waals surface area contributed by atoms with Gasteiger partial charge in [0, 0.05) is 24.7 Å². The highest BCUT2D eigenvalue weighted by molar-refractivity contribution is 7.90. The fraction of sp³-hybridized carbons (Fsp3) is 0.333. The van der Waals surface area contributed by atoms with Crippen LogP contribution in [0, 0.1) is 17.2 Å². The molecule has 7 heteroatoms. The van der Waals surface area contributed by atoms with Crippen LogP contribution in [0.15, 0.2) is 30.5 Å². The van der Waals surface area contributed by atoms with Crippen molar-refractivity contribution in [1.82, 2.24) is 9.71 Å². The Balaban J connectivity index is 2.07. The van der Waals surface area contributed by atoms with Crippen LogP contribution in [0.4, 0.5) is 5.69 Å². The molecule has 0 radical (unpaired) electrons. The Morgan fingerprint density at radius 3 is 3.00 bits per heavy atom. The highest BCUT2D eigenvalue weighted by atomic mass is 32.2. The van der Waals surface area contributed by atoms with E-state index in [1.165, 1.54) is 4.31 Å². The first-order chi connectivity index (χ1) is 10.5. The van der Waals surface area contributed by atoms with Gasteiger partial charge in [-0.1, -0.05) is 13.3 Å². The lowest BCUT2D eigenvalue weighted by atomic mass is 10.1. The molecule has 1 aliphatic rings. The summed E-state index contributed by atoms with van der Waals surface area (Å²) in [6, 6.07) is 9.09. The summed E-state index contributed by atoms with van der Waals surface area (Å²) in [6.45, 7) is 2.99. The maximum absolute atomic E-state index is 12.3. The van der Waals surface area contributed by atoms with Crippen molar-refractivity contribution in [2.75, 3.05) is 17.4 Å². The molecular weight excluding hydrogens is 300 g/mol. The van der Waals surface area contributed by atoms with E-state index in [9.17, 15) is 8.42 Å². The molecule has 0 bridgehead atoms. The summed E-state index contributed by atoms with van der Waals surface area (Å²) in [4.78, 5) is 4.02. The van der Waals surface area contributed by atoms with Crippen molar-refractivity contribution in [1.29, 1.82) is 5.26 Å². The zero-order valence-corrected chi connectivity index (χ0v) is 13.0. The number of hydrogen-bond acceptors (Lipinski definition) is 4. The van der Waals surface area contributed by atoms with E-state index in [-0.39, 0.29) is 5.92 Å². The minimum Gasteiger partial charge on any atom is -0.257 e. The number of hydrogen-bond donors (Lipinski definition) is 1. The van der Waals surface area contributed by atoms with Crippen molar-refractivity contribution < 1.29 is 8.42 Å². The van der Waals surface area contributed by atoms with Gasteiger partial charge in [-0.15, -0.1) is 0 Å². The fourth-order valence-electron chi connectivity index (χ4n) is 2.63. The van der Waals surface area contributed by atoms with Crippen molar-refractivity contribution in [3.05, 3.63) is 36.2 Å². The summed E-state index contributed by atoms with van der Waals surface area (Å²) in [5.74, 6) is 0.284. The van der Waals surface area contributed by atoms with Crippen molar-refractivity contribution in [2.45, 2.75) is 13.3 Å². The Hall–Kier alpha value is -2.17. The van der Waals surface area contributed by atoms with Crippen LogP contribution in [0.5, 0.6) is 0 Å². The van der Waals surface area contributed by atoms with Gasteiger partial charge in [0.2, 0.25) is 0 Å². The predicted octanol–water partition coefficient (Wildman–Crippen LogP) is 1.79. The molecule has 2 aromatic rings. The highest BCUT2D eigenvalue weighted by Crippen LogP contribution is 2.27. The van der Waals surface area contributed by atoms with E-state index in [1.54, 1.807) is 30.5 Å². The number of nitriles is 1. The summed E-state index contributed by atoms with van der Waals surface area (Å²) in [7, 11) is -3.50. The monoisotopic (exact) mass is 316 g/mol. The number of nitrogens with zero attached hydrogens (tertiary/aromatic N) is 3. The summed E-state index contributed by atoms with van der Waals surface area (Å²) in [5, 5.41) is 10.6. The van der Waals surface area contributed by atoms with Gasteiger partial charge in [-0.05, 0) is 35.6 Å². The molecule has 1 fully saturated rings. The maximum Gasteiger partial charge on any atom is 0.301 e. The molecule has 1 aliphatic heterocycles.